The molecule has 0 bridgehead atoms. The summed E-state index contributed by atoms with van der Waals surface area (Å²) in [6, 6.07) is 22.4. The molecule has 2 aromatic heterocycles. The number of aryl methyl sites for hydroxylation is 2. The lowest BCUT2D eigenvalue weighted by Crippen LogP contribution is -2.21. The summed E-state index contributed by atoms with van der Waals surface area (Å²) in [5, 5.41) is 5.34. The Morgan fingerprint density at radius 3 is 2.32 bits per heavy atom. The first-order valence-electron chi connectivity index (χ1n) is 15.6. The molecule has 0 unspecified atom stereocenters. The predicted octanol–water partition coefficient (Wildman–Crippen LogP) is 8.03. The van der Waals surface area contributed by atoms with Gasteiger partial charge in [-0.25, -0.2) is 4.98 Å². The molecule has 0 radical (unpaired) electrons. The Morgan fingerprint density at radius 1 is 0.955 bits per heavy atom. The van der Waals surface area contributed by atoms with E-state index in [1.165, 1.54) is 10.4 Å². The maximum atomic E-state index is 13.9. The quantitative estimate of drug-likeness (QED) is 0.155. The first-order chi connectivity index (χ1) is 21.2. The molecule has 0 spiro atoms. The highest BCUT2D eigenvalue weighted by atomic mass is 16.5. The highest BCUT2D eigenvalue weighted by Crippen LogP contribution is 2.34. The van der Waals surface area contributed by atoms with E-state index >= 15 is 0 Å². The zero-order valence-corrected chi connectivity index (χ0v) is 27.2. The molecule has 0 N–H and O–H groups in total. The summed E-state index contributed by atoms with van der Waals surface area (Å²) >= 11 is 0. The lowest BCUT2D eigenvalue weighted by Gasteiger charge is -2.21. The lowest BCUT2D eigenvalue weighted by atomic mass is 9.96. The summed E-state index contributed by atoms with van der Waals surface area (Å²) in [5.74, 6) is 1.60. The minimum absolute atomic E-state index is 0.206. The number of hydrogen-bond donors (Lipinski definition) is 0. The van der Waals surface area contributed by atoms with Crippen molar-refractivity contribution in [3.63, 3.8) is 0 Å². The van der Waals surface area contributed by atoms with Crippen LogP contribution in [0.5, 0.6) is 5.75 Å². The summed E-state index contributed by atoms with van der Waals surface area (Å²) in [7, 11) is 0. The fraction of sp³-hybridized carbons (Fsp3) is 0.324. The van der Waals surface area contributed by atoms with Crippen molar-refractivity contribution in [3.05, 3.63) is 105 Å². The first-order valence-corrected chi connectivity index (χ1v) is 15.6. The van der Waals surface area contributed by atoms with Gasteiger partial charge < -0.3 is 14.2 Å². The van der Waals surface area contributed by atoms with Gasteiger partial charge in [-0.2, -0.15) is 9.78 Å². The largest absolute Gasteiger partial charge is 0.494 e. The van der Waals surface area contributed by atoms with Crippen LogP contribution in [0.2, 0.25) is 0 Å². The Labute approximate surface area is 260 Å². The van der Waals surface area contributed by atoms with Crippen molar-refractivity contribution in [1.29, 1.82) is 0 Å². The normalized spacial score (nSPS) is 11.7. The van der Waals surface area contributed by atoms with Crippen LogP contribution in [0.4, 0.5) is 5.69 Å². The topological polar surface area (TPSA) is 64.6 Å². The Bertz CT molecular complexity index is 1880. The molecule has 0 saturated carbocycles. The number of aromatic nitrogens is 3. The Kier molecular flexibility index (Phi) is 9.04. The third kappa shape index (κ3) is 5.79. The molecule has 0 aliphatic carbocycles. The van der Waals surface area contributed by atoms with Gasteiger partial charge in [0.2, 0.25) is 0 Å². The molecule has 7 nitrogen and oxygen atoms in total. The fourth-order valence-corrected chi connectivity index (χ4v) is 5.91. The molecule has 5 rings (SSSR count). The Morgan fingerprint density at radius 2 is 1.66 bits per heavy atom. The van der Waals surface area contributed by atoms with Crippen LogP contribution < -0.4 is 15.2 Å². The van der Waals surface area contributed by atoms with E-state index in [4.69, 9.17) is 14.8 Å². The van der Waals surface area contributed by atoms with Crippen LogP contribution in [0.1, 0.15) is 68.6 Å². The van der Waals surface area contributed by atoms with Crippen LogP contribution in [0.15, 0.2) is 76.6 Å². The first kappa shape index (κ1) is 30.8. The molecule has 0 aliphatic rings. The maximum absolute atomic E-state index is 13.9. The molecule has 228 valence electrons. The average molecular weight is 590 g/mol. The number of benzene rings is 3. The number of anilines is 1. The van der Waals surface area contributed by atoms with Gasteiger partial charge in [-0.15, -0.1) is 0 Å². The summed E-state index contributed by atoms with van der Waals surface area (Å²) in [6.45, 7) is 19.3. The van der Waals surface area contributed by atoms with Gasteiger partial charge in [0.15, 0.2) is 5.82 Å². The lowest BCUT2D eigenvalue weighted by molar-refractivity contribution is 0.335. The van der Waals surface area contributed by atoms with Gasteiger partial charge in [0.05, 0.1) is 23.7 Å². The minimum Gasteiger partial charge on any atom is -0.494 e. The van der Waals surface area contributed by atoms with Crippen molar-refractivity contribution in [2.45, 2.75) is 61.3 Å². The number of rotatable bonds is 10. The van der Waals surface area contributed by atoms with Crippen molar-refractivity contribution >= 4 is 22.8 Å². The second kappa shape index (κ2) is 12.9. The van der Waals surface area contributed by atoms with E-state index in [2.05, 4.69) is 87.4 Å². The molecular weight excluding hydrogens is 546 g/mol. The molecule has 5 aromatic rings. The van der Waals surface area contributed by atoms with Gasteiger partial charge in [-0.1, -0.05) is 26.0 Å². The van der Waals surface area contributed by atoms with E-state index in [9.17, 15) is 4.79 Å². The van der Waals surface area contributed by atoms with E-state index in [1.54, 1.807) is 12.3 Å². The van der Waals surface area contributed by atoms with E-state index in [0.29, 0.717) is 23.3 Å². The van der Waals surface area contributed by atoms with Crippen LogP contribution >= 0.6 is 0 Å². The van der Waals surface area contributed by atoms with Gasteiger partial charge in [-0.05, 0) is 113 Å². The number of hydrogen-bond acceptors (Lipinski definition) is 5. The van der Waals surface area contributed by atoms with E-state index in [1.807, 2.05) is 38.1 Å². The van der Waals surface area contributed by atoms with Crippen LogP contribution in [0, 0.1) is 20.8 Å². The summed E-state index contributed by atoms with van der Waals surface area (Å²) in [4.78, 5) is 21.3. The molecule has 0 atom stereocenters. The molecule has 0 fully saturated rings. The zero-order valence-electron chi connectivity index (χ0n) is 27.2. The predicted molar refractivity (Wildman–Crippen MR) is 183 cm³/mol. The highest BCUT2D eigenvalue weighted by Gasteiger charge is 2.19. The molecular formula is C37H43N5O2. The minimum atomic E-state index is -0.206. The number of fused-ring (bicyclic) bond motifs is 1. The molecule has 2 heterocycles. The van der Waals surface area contributed by atoms with E-state index in [0.717, 1.165) is 58.2 Å². The number of ether oxygens (including phenoxy) is 1. The third-order valence-electron chi connectivity index (χ3n) is 8.29. The van der Waals surface area contributed by atoms with Crippen molar-refractivity contribution in [1.82, 2.24) is 14.2 Å². The average Bonchev–Trinajstić information content (AvgIpc) is 3.30. The fourth-order valence-electron chi connectivity index (χ4n) is 5.91. The second-order valence-electron chi connectivity index (χ2n) is 11.5. The molecule has 3 aromatic carbocycles. The Balaban J connectivity index is 1.63. The smallest absolute Gasteiger partial charge is 0.282 e. The molecule has 0 aliphatic heterocycles. The van der Waals surface area contributed by atoms with Crippen LogP contribution in [-0.4, -0.2) is 40.1 Å². The van der Waals surface area contributed by atoms with Gasteiger partial charge in [-0.3, -0.25) is 4.79 Å². The maximum Gasteiger partial charge on any atom is 0.282 e. The summed E-state index contributed by atoms with van der Waals surface area (Å²) in [6.07, 6.45) is 1.78. The number of para-hydroxylation sites is 1. The second-order valence-corrected chi connectivity index (χ2v) is 11.5. The molecule has 0 saturated heterocycles. The van der Waals surface area contributed by atoms with Crippen molar-refractivity contribution < 1.29 is 4.74 Å². The third-order valence-corrected chi connectivity index (χ3v) is 8.29. The number of nitrogens with zero attached hydrogens (tertiary/aromatic N) is 5. The summed E-state index contributed by atoms with van der Waals surface area (Å²) in [5.41, 5.74) is 8.71. The zero-order chi connectivity index (χ0) is 31.5. The molecule has 7 heteroatoms. The molecule has 0 amide bonds. The highest BCUT2D eigenvalue weighted by molar-refractivity contribution is 5.84. The summed E-state index contributed by atoms with van der Waals surface area (Å²) < 4.78 is 9.64. The van der Waals surface area contributed by atoms with Crippen molar-refractivity contribution in [2.24, 2.45) is 5.10 Å². The standard InChI is InChI=1S/C37H43N5O2/c1-9-40(10-2)29-16-18-30(19-17-29)41-26(7)21-28(27(41)8)23-38-42-36(39-34-15-13-12-14-31(34)37(42)43)33-22-32(24(4)5)35(44-11-3)20-25(33)6/h12-24H,9-11H2,1-8H3. The van der Waals surface area contributed by atoms with Gasteiger partial charge in [0.1, 0.15) is 5.75 Å². The van der Waals surface area contributed by atoms with Crippen LogP contribution in [0.25, 0.3) is 28.0 Å². The van der Waals surface area contributed by atoms with E-state index < -0.39 is 0 Å². The van der Waals surface area contributed by atoms with Crippen molar-refractivity contribution in [2.75, 3.05) is 24.6 Å². The van der Waals surface area contributed by atoms with Gasteiger partial charge >= 0.3 is 0 Å². The van der Waals surface area contributed by atoms with Crippen molar-refractivity contribution in [3.8, 4) is 22.8 Å². The van der Waals surface area contributed by atoms with Crippen LogP contribution in [-0.2, 0) is 0 Å². The Hall–Kier alpha value is -4.65. The van der Waals surface area contributed by atoms with E-state index in [-0.39, 0.29) is 11.5 Å². The van der Waals surface area contributed by atoms with Gasteiger partial charge in [0.25, 0.3) is 5.56 Å². The molecule has 44 heavy (non-hydrogen) atoms. The SMILES string of the molecule is CCOc1cc(C)c(-c2nc3ccccc3c(=O)n2N=Cc2cc(C)n(-c3ccc(N(CC)CC)cc3)c2C)cc1C(C)C. The monoisotopic (exact) mass is 589 g/mol. The van der Waals surface area contributed by atoms with Gasteiger partial charge in [0, 0.05) is 47.0 Å². The van der Waals surface area contributed by atoms with Crippen LogP contribution in [0.3, 0.4) is 0 Å².